The molecule has 1 amide bonds. The van der Waals surface area contributed by atoms with E-state index >= 15 is 0 Å². The normalized spacial score (nSPS) is 16.0. The first-order valence-electron chi connectivity index (χ1n) is 9.69. The van der Waals surface area contributed by atoms with Gasteiger partial charge in [0.15, 0.2) is 0 Å². The fourth-order valence-corrected chi connectivity index (χ4v) is 3.36. The highest BCUT2D eigenvalue weighted by Crippen LogP contribution is 2.23. The van der Waals surface area contributed by atoms with E-state index in [2.05, 4.69) is 33.5 Å². The number of rotatable bonds is 6. The Morgan fingerprint density at radius 3 is 2.97 bits per heavy atom. The van der Waals surface area contributed by atoms with Crippen molar-refractivity contribution in [3.63, 3.8) is 0 Å². The van der Waals surface area contributed by atoms with Gasteiger partial charge in [-0.1, -0.05) is 23.8 Å². The molecule has 1 aromatic carbocycles. The third kappa shape index (κ3) is 4.63. The fraction of sp³-hybridized carbons (Fsp3) is 0.318. The van der Waals surface area contributed by atoms with Crippen molar-refractivity contribution in [3.05, 3.63) is 65.0 Å². The molecule has 1 saturated heterocycles. The molecule has 4 rings (SSSR count). The zero-order valence-electron chi connectivity index (χ0n) is 16.6. The molecule has 0 radical (unpaired) electrons. The van der Waals surface area contributed by atoms with Gasteiger partial charge in [0.25, 0.3) is 5.91 Å². The number of hydrogen-bond donors (Lipinski definition) is 2. The maximum absolute atomic E-state index is 12.5. The van der Waals surface area contributed by atoms with Crippen molar-refractivity contribution in [2.45, 2.75) is 32.9 Å². The van der Waals surface area contributed by atoms with Gasteiger partial charge in [-0.05, 0) is 37.1 Å². The van der Waals surface area contributed by atoms with Crippen LogP contribution in [0.3, 0.4) is 0 Å². The molecule has 3 heterocycles. The van der Waals surface area contributed by atoms with E-state index in [1.54, 1.807) is 12.3 Å². The Labute approximate surface area is 169 Å². The highest BCUT2D eigenvalue weighted by Gasteiger charge is 2.18. The van der Waals surface area contributed by atoms with Crippen molar-refractivity contribution in [1.82, 2.24) is 20.5 Å². The maximum Gasteiger partial charge on any atom is 0.269 e. The zero-order valence-corrected chi connectivity index (χ0v) is 16.6. The number of H-pyrrole nitrogens is 1. The highest BCUT2D eigenvalue weighted by molar-refractivity contribution is 5.93. The smallest absolute Gasteiger partial charge is 0.269 e. The summed E-state index contributed by atoms with van der Waals surface area (Å²) in [5.74, 6) is 0.336. The van der Waals surface area contributed by atoms with Crippen LogP contribution in [0.15, 0.2) is 42.6 Å². The molecule has 1 unspecified atom stereocenters. The van der Waals surface area contributed by atoms with Crippen LogP contribution in [0, 0.1) is 13.8 Å². The van der Waals surface area contributed by atoms with Gasteiger partial charge in [0.05, 0.1) is 18.9 Å². The Balaban J connectivity index is 1.38. The molecule has 0 bridgehead atoms. The van der Waals surface area contributed by atoms with Gasteiger partial charge in [-0.3, -0.25) is 9.89 Å². The molecule has 2 N–H and O–H groups in total. The van der Waals surface area contributed by atoms with Crippen LogP contribution in [0.5, 0.6) is 5.88 Å². The van der Waals surface area contributed by atoms with E-state index < -0.39 is 0 Å². The van der Waals surface area contributed by atoms with Gasteiger partial charge < -0.3 is 14.8 Å². The lowest BCUT2D eigenvalue weighted by Crippen LogP contribution is -2.23. The van der Waals surface area contributed by atoms with E-state index in [4.69, 9.17) is 9.47 Å². The lowest BCUT2D eigenvalue weighted by molar-refractivity contribution is 0.0945. The van der Waals surface area contributed by atoms with Crippen LogP contribution < -0.4 is 10.1 Å². The molecular formula is C22H24N4O3. The van der Waals surface area contributed by atoms with Crippen LogP contribution in [0.4, 0.5) is 0 Å². The minimum absolute atomic E-state index is 0.0426. The van der Waals surface area contributed by atoms with Crippen LogP contribution in [-0.4, -0.2) is 40.4 Å². The van der Waals surface area contributed by atoms with Crippen molar-refractivity contribution in [3.8, 4) is 17.1 Å². The SMILES string of the molecule is Cc1ccc(-c2cc(C(=O)NCc3ccnc(OC4CCOC4)c3)[nH]n2)c(C)c1. The lowest BCUT2D eigenvalue weighted by atomic mass is 10.0. The molecule has 7 heteroatoms. The lowest BCUT2D eigenvalue weighted by Gasteiger charge is -2.11. The van der Waals surface area contributed by atoms with Crippen LogP contribution in [0.25, 0.3) is 11.3 Å². The molecule has 0 aliphatic carbocycles. The quantitative estimate of drug-likeness (QED) is 0.673. The number of carbonyl (C=O) groups excluding carboxylic acids is 1. The van der Waals surface area contributed by atoms with E-state index in [1.807, 2.05) is 31.2 Å². The Bertz CT molecular complexity index is 1010. The number of nitrogens with zero attached hydrogens (tertiary/aromatic N) is 2. The minimum atomic E-state index is -0.211. The monoisotopic (exact) mass is 392 g/mol. The second-order valence-corrected chi connectivity index (χ2v) is 7.27. The molecule has 29 heavy (non-hydrogen) atoms. The number of amides is 1. The molecule has 7 nitrogen and oxygen atoms in total. The van der Waals surface area contributed by atoms with Crippen LogP contribution in [-0.2, 0) is 11.3 Å². The molecule has 1 aliphatic heterocycles. The zero-order chi connectivity index (χ0) is 20.2. The van der Waals surface area contributed by atoms with Crippen molar-refractivity contribution in [2.75, 3.05) is 13.2 Å². The Kier molecular flexibility index (Phi) is 5.57. The molecule has 3 aromatic rings. The summed E-state index contributed by atoms with van der Waals surface area (Å²) in [6, 6.07) is 11.6. The summed E-state index contributed by atoms with van der Waals surface area (Å²) in [7, 11) is 0. The van der Waals surface area contributed by atoms with E-state index in [1.165, 1.54) is 5.56 Å². The number of hydrogen-bond acceptors (Lipinski definition) is 5. The number of aromatic amines is 1. The summed E-state index contributed by atoms with van der Waals surface area (Å²) in [5, 5.41) is 10.0. The summed E-state index contributed by atoms with van der Waals surface area (Å²) < 4.78 is 11.1. The number of ether oxygens (including phenoxy) is 2. The Morgan fingerprint density at radius 2 is 2.17 bits per heavy atom. The third-order valence-electron chi connectivity index (χ3n) is 4.91. The first-order chi connectivity index (χ1) is 14.1. The van der Waals surface area contributed by atoms with Gasteiger partial charge in [0.1, 0.15) is 11.8 Å². The topological polar surface area (TPSA) is 89.1 Å². The van der Waals surface area contributed by atoms with Crippen LogP contribution in [0.2, 0.25) is 0 Å². The van der Waals surface area contributed by atoms with Crippen LogP contribution in [0.1, 0.15) is 33.6 Å². The number of carbonyl (C=O) groups is 1. The van der Waals surface area contributed by atoms with Gasteiger partial charge in [-0.25, -0.2) is 4.98 Å². The van der Waals surface area contributed by atoms with Gasteiger partial charge in [0, 0.05) is 30.8 Å². The van der Waals surface area contributed by atoms with Crippen molar-refractivity contribution in [1.29, 1.82) is 0 Å². The summed E-state index contributed by atoms with van der Waals surface area (Å²) in [5.41, 5.74) is 5.43. The number of pyridine rings is 1. The largest absolute Gasteiger partial charge is 0.472 e. The summed E-state index contributed by atoms with van der Waals surface area (Å²) in [6.07, 6.45) is 2.59. The van der Waals surface area contributed by atoms with Gasteiger partial charge >= 0.3 is 0 Å². The second kappa shape index (κ2) is 8.45. The van der Waals surface area contributed by atoms with Crippen molar-refractivity contribution < 1.29 is 14.3 Å². The Hall–Kier alpha value is -3.19. The maximum atomic E-state index is 12.5. The molecule has 1 fully saturated rings. The van der Waals surface area contributed by atoms with E-state index in [9.17, 15) is 4.79 Å². The van der Waals surface area contributed by atoms with Gasteiger partial charge in [-0.2, -0.15) is 5.10 Å². The molecule has 0 spiro atoms. The molecule has 0 saturated carbocycles. The van der Waals surface area contributed by atoms with Gasteiger partial charge in [-0.15, -0.1) is 0 Å². The predicted molar refractivity (Wildman–Crippen MR) is 109 cm³/mol. The first-order valence-corrected chi connectivity index (χ1v) is 9.69. The molecule has 2 aromatic heterocycles. The molecular weight excluding hydrogens is 368 g/mol. The molecule has 1 atom stereocenters. The average Bonchev–Trinajstić information content (AvgIpc) is 3.39. The standard InChI is InChI=1S/C22H24N4O3/c1-14-3-4-18(15(2)9-14)19-11-20(26-25-19)22(27)24-12-16-5-7-23-21(10-16)29-17-6-8-28-13-17/h3-5,7,9-11,17H,6,8,12-13H2,1-2H3,(H,24,27)(H,25,26). The summed E-state index contributed by atoms with van der Waals surface area (Å²) >= 11 is 0. The number of benzene rings is 1. The number of nitrogens with one attached hydrogen (secondary N) is 2. The second-order valence-electron chi connectivity index (χ2n) is 7.27. The molecule has 1 aliphatic rings. The first kappa shape index (κ1) is 19.1. The summed E-state index contributed by atoms with van der Waals surface area (Å²) in [4.78, 5) is 16.8. The number of aryl methyl sites for hydroxylation is 2. The fourth-order valence-electron chi connectivity index (χ4n) is 3.36. The molecule has 150 valence electrons. The van der Waals surface area contributed by atoms with Crippen molar-refractivity contribution >= 4 is 5.91 Å². The van der Waals surface area contributed by atoms with Gasteiger partial charge in [0.2, 0.25) is 5.88 Å². The Morgan fingerprint density at radius 1 is 1.28 bits per heavy atom. The minimum Gasteiger partial charge on any atom is -0.472 e. The van der Waals surface area contributed by atoms with E-state index in [0.29, 0.717) is 31.3 Å². The van der Waals surface area contributed by atoms with Crippen LogP contribution >= 0.6 is 0 Å². The van der Waals surface area contributed by atoms with E-state index in [-0.39, 0.29) is 12.0 Å². The predicted octanol–water partition coefficient (Wildman–Crippen LogP) is 3.19. The number of aromatic nitrogens is 3. The summed E-state index contributed by atoms with van der Waals surface area (Å²) in [6.45, 7) is 5.77. The van der Waals surface area contributed by atoms with E-state index in [0.717, 1.165) is 28.8 Å². The third-order valence-corrected chi connectivity index (χ3v) is 4.91. The average molecular weight is 392 g/mol. The van der Waals surface area contributed by atoms with Crippen molar-refractivity contribution in [2.24, 2.45) is 0 Å². The highest BCUT2D eigenvalue weighted by atomic mass is 16.5.